The van der Waals surface area contributed by atoms with E-state index in [4.69, 9.17) is 5.11 Å². The Morgan fingerprint density at radius 1 is 1.32 bits per heavy atom. The molecule has 0 aliphatic carbocycles. The third-order valence-corrected chi connectivity index (χ3v) is 3.40. The normalized spacial score (nSPS) is 11.0. The van der Waals surface area contributed by atoms with Crippen molar-refractivity contribution in [1.82, 2.24) is 19.7 Å². The molecule has 0 spiro atoms. The molecular weight excluding hydrogens is 284 g/mol. The number of carboxylic acid groups (broad SMARTS) is 1. The number of fused-ring (bicyclic) bond motifs is 1. The number of aromatic carboxylic acids is 1. The number of hydrogen-bond donors (Lipinski definition) is 2. The lowest BCUT2D eigenvalue weighted by Crippen LogP contribution is -2.06. The largest absolute Gasteiger partial charge is 0.478 e. The highest BCUT2D eigenvalue weighted by Gasteiger charge is 2.19. The molecule has 22 heavy (non-hydrogen) atoms. The molecular formula is C15H14N4O3. The lowest BCUT2D eigenvalue weighted by molar-refractivity contribution is 0.0699. The minimum Gasteiger partial charge on any atom is -0.478 e. The van der Waals surface area contributed by atoms with E-state index in [-0.39, 0.29) is 18.7 Å². The molecule has 3 aromatic rings. The van der Waals surface area contributed by atoms with Gasteiger partial charge in [0.1, 0.15) is 0 Å². The van der Waals surface area contributed by atoms with Crippen LogP contribution in [-0.2, 0) is 6.54 Å². The first-order valence-corrected chi connectivity index (χ1v) is 6.74. The van der Waals surface area contributed by atoms with Crippen LogP contribution in [-0.4, -0.2) is 42.5 Å². The fraction of sp³-hybridized carbons (Fsp3) is 0.200. The fourth-order valence-corrected chi connectivity index (χ4v) is 2.44. The van der Waals surface area contributed by atoms with Gasteiger partial charge in [0.05, 0.1) is 35.5 Å². The van der Waals surface area contributed by atoms with Crippen LogP contribution in [0.3, 0.4) is 0 Å². The number of pyridine rings is 2. The predicted octanol–water partition coefficient (Wildman–Crippen LogP) is 1.49. The van der Waals surface area contributed by atoms with Crippen LogP contribution in [0.15, 0.2) is 30.6 Å². The number of carboxylic acids is 1. The molecule has 0 aliphatic heterocycles. The van der Waals surface area contributed by atoms with E-state index in [1.807, 2.05) is 0 Å². The van der Waals surface area contributed by atoms with E-state index < -0.39 is 5.97 Å². The Kier molecular flexibility index (Phi) is 3.56. The van der Waals surface area contributed by atoms with Crippen LogP contribution < -0.4 is 0 Å². The second-order valence-electron chi connectivity index (χ2n) is 4.83. The van der Waals surface area contributed by atoms with Crippen molar-refractivity contribution in [1.29, 1.82) is 0 Å². The number of carbonyl (C=O) groups is 1. The molecule has 7 nitrogen and oxygen atoms in total. The second-order valence-corrected chi connectivity index (χ2v) is 4.83. The summed E-state index contributed by atoms with van der Waals surface area (Å²) in [7, 11) is 0. The lowest BCUT2D eigenvalue weighted by Gasteiger charge is -2.06. The Labute approximate surface area is 125 Å². The molecule has 0 saturated carbocycles. The Bertz CT molecular complexity index is 843. The van der Waals surface area contributed by atoms with E-state index in [0.29, 0.717) is 22.4 Å². The first kappa shape index (κ1) is 14.2. The first-order chi connectivity index (χ1) is 10.6. The molecule has 0 unspecified atom stereocenters. The van der Waals surface area contributed by atoms with Crippen molar-refractivity contribution in [3.63, 3.8) is 0 Å². The molecule has 3 aromatic heterocycles. The lowest BCUT2D eigenvalue weighted by atomic mass is 10.1. The minimum atomic E-state index is -1.03. The first-order valence-electron chi connectivity index (χ1n) is 6.74. The smallest absolute Gasteiger partial charge is 0.336 e. The molecule has 3 rings (SSSR count). The highest BCUT2D eigenvalue weighted by molar-refractivity contribution is 6.04. The van der Waals surface area contributed by atoms with Crippen molar-refractivity contribution in [3.8, 4) is 11.3 Å². The number of rotatable bonds is 4. The van der Waals surface area contributed by atoms with Crippen LogP contribution in [0.5, 0.6) is 0 Å². The molecule has 0 fully saturated rings. The van der Waals surface area contributed by atoms with Crippen molar-refractivity contribution in [2.24, 2.45) is 0 Å². The minimum absolute atomic E-state index is 0.0974. The summed E-state index contributed by atoms with van der Waals surface area (Å²) in [6.45, 7) is 1.90. The van der Waals surface area contributed by atoms with Crippen molar-refractivity contribution < 1.29 is 15.0 Å². The zero-order valence-corrected chi connectivity index (χ0v) is 11.9. The van der Waals surface area contributed by atoms with Gasteiger partial charge in [-0.15, -0.1) is 0 Å². The summed E-state index contributed by atoms with van der Waals surface area (Å²) in [4.78, 5) is 20.1. The van der Waals surface area contributed by atoms with E-state index in [0.717, 1.165) is 5.56 Å². The van der Waals surface area contributed by atoms with E-state index >= 15 is 0 Å². The number of aliphatic hydroxyl groups is 1. The van der Waals surface area contributed by atoms with E-state index in [2.05, 4.69) is 15.1 Å². The maximum Gasteiger partial charge on any atom is 0.336 e. The average molecular weight is 298 g/mol. The summed E-state index contributed by atoms with van der Waals surface area (Å²) < 4.78 is 1.53. The molecule has 112 valence electrons. The Balaban J connectivity index is 2.32. The van der Waals surface area contributed by atoms with Gasteiger partial charge >= 0.3 is 5.97 Å². The Hall–Kier alpha value is -2.80. The monoisotopic (exact) mass is 298 g/mol. The van der Waals surface area contributed by atoms with Crippen molar-refractivity contribution in [2.45, 2.75) is 13.5 Å². The molecule has 7 heteroatoms. The maximum atomic E-state index is 11.6. The number of nitrogens with zero attached hydrogens (tertiary/aromatic N) is 4. The van der Waals surface area contributed by atoms with Gasteiger partial charge in [-0.1, -0.05) is 0 Å². The molecule has 0 radical (unpaired) electrons. The summed E-state index contributed by atoms with van der Waals surface area (Å²) in [5, 5.41) is 23.4. The zero-order valence-electron chi connectivity index (χ0n) is 11.9. The molecule has 0 aliphatic rings. The molecule has 0 atom stereocenters. The van der Waals surface area contributed by atoms with Crippen LogP contribution in [0.1, 0.15) is 16.1 Å². The molecule has 3 heterocycles. The highest BCUT2D eigenvalue weighted by Crippen LogP contribution is 2.26. The molecule has 0 bridgehead atoms. The highest BCUT2D eigenvalue weighted by atomic mass is 16.4. The van der Waals surface area contributed by atoms with E-state index in [1.165, 1.54) is 10.7 Å². The predicted molar refractivity (Wildman–Crippen MR) is 79.5 cm³/mol. The van der Waals surface area contributed by atoms with E-state index in [9.17, 15) is 9.90 Å². The summed E-state index contributed by atoms with van der Waals surface area (Å²) in [5.74, 6) is -1.03. The average Bonchev–Trinajstić information content (AvgIpc) is 2.84. The topological polar surface area (TPSA) is 101 Å². The van der Waals surface area contributed by atoms with Gasteiger partial charge in [-0.25, -0.2) is 14.5 Å². The fourth-order valence-electron chi connectivity index (χ4n) is 2.44. The zero-order chi connectivity index (χ0) is 15.7. The van der Waals surface area contributed by atoms with Gasteiger partial charge < -0.3 is 10.2 Å². The van der Waals surface area contributed by atoms with Gasteiger partial charge in [0.15, 0.2) is 5.65 Å². The molecule has 0 saturated heterocycles. The van der Waals surface area contributed by atoms with Gasteiger partial charge in [0, 0.05) is 18.0 Å². The number of hydrogen-bond acceptors (Lipinski definition) is 5. The van der Waals surface area contributed by atoms with Gasteiger partial charge in [0.2, 0.25) is 0 Å². The SMILES string of the molecule is Cc1nn(CCO)c2nc(-c3ccncc3)cc(C(=O)O)c12. The number of aromatic nitrogens is 4. The van der Waals surface area contributed by atoms with Crippen LogP contribution in [0.25, 0.3) is 22.3 Å². The summed E-state index contributed by atoms with van der Waals surface area (Å²) in [6, 6.07) is 5.07. The van der Waals surface area contributed by atoms with Crippen LogP contribution in [0.2, 0.25) is 0 Å². The second kappa shape index (κ2) is 5.53. The quantitative estimate of drug-likeness (QED) is 0.756. The van der Waals surface area contributed by atoms with Gasteiger partial charge in [-0.2, -0.15) is 5.10 Å². The number of aryl methyl sites for hydroxylation is 1. The van der Waals surface area contributed by atoms with Crippen LogP contribution in [0.4, 0.5) is 0 Å². The molecule has 0 amide bonds. The van der Waals surface area contributed by atoms with Crippen LogP contribution in [0, 0.1) is 6.92 Å². The summed E-state index contributed by atoms with van der Waals surface area (Å²) >= 11 is 0. The van der Waals surface area contributed by atoms with Gasteiger partial charge in [0.25, 0.3) is 0 Å². The van der Waals surface area contributed by atoms with Crippen molar-refractivity contribution in [3.05, 3.63) is 41.9 Å². The maximum absolute atomic E-state index is 11.6. The number of aliphatic hydroxyl groups excluding tert-OH is 1. The standard InChI is InChI=1S/C15H14N4O3/c1-9-13-11(15(21)22)8-12(10-2-4-16-5-3-10)17-14(13)19(18-9)6-7-20/h2-5,8,20H,6-7H2,1H3,(H,21,22). The Morgan fingerprint density at radius 2 is 2.05 bits per heavy atom. The summed E-state index contributed by atoms with van der Waals surface area (Å²) in [6.07, 6.45) is 3.25. The third kappa shape index (κ3) is 2.31. The van der Waals surface area contributed by atoms with Crippen LogP contribution >= 0.6 is 0 Å². The van der Waals surface area contributed by atoms with Gasteiger partial charge in [-0.05, 0) is 25.1 Å². The van der Waals surface area contributed by atoms with Crippen molar-refractivity contribution in [2.75, 3.05) is 6.61 Å². The Morgan fingerprint density at radius 3 is 2.68 bits per heavy atom. The molecule has 2 N–H and O–H groups in total. The summed E-state index contributed by atoms with van der Waals surface area (Å²) in [5.41, 5.74) is 2.49. The third-order valence-electron chi connectivity index (χ3n) is 3.40. The van der Waals surface area contributed by atoms with Gasteiger partial charge in [-0.3, -0.25) is 4.98 Å². The molecule has 0 aromatic carbocycles. The van der Waals surface area contributed by atoms with E-state index in [1.54, 1.807) is 31.5 Å². The van der Waals surface area contributed by atoms with Crippen molar-refractivity contribution >= 4 is 17.0 Å².